The van der Waals surface area contributed by atoms with E-state index in [2.05, 4.69) is 47.3 Å². The van der Waals surface area contributed by atoms with Crippen molar-refractivity contribution in [2.45, 2.75) is 26.8 Å². The lowest BCUT2D eigenvalue weighted by atomic mass is 10.2. The van der Waals surface area contributed by atoms with E-state index in [-0.39, 0.29) is 5.91 Å². The maximum Gasteiger partial charge on any atom is 0.226 e. The number of carbonyl (C=O) groups is 1. The largest absolute Gasteiger partial charge is 0.324 e. The lowest BCUT2D eigenvalue weighted by Crippen LogP contribution is -2.16. The summed E-state index contributed by atoms with van der Waals surface area (Å²) in [5, 5.41) is 8.34. The van der Waals surface area contributed by atoms with E-state index >= 15 is 0 Å². The van der Waals surface area contributed by atoms with Crippen molar-refractivity contribution in [3.05, 3.63) is 50.8 Å². The van der Waals surface area contributed by atoms with Crippen LogP contribution in [-0.4, -0.2) is 20.7 Å². The smallest absolute Gasteiger partial charge is 0.226 e. The Labute approximate surface area is 156 Å². The first-order valence-electron chi connectivity index (χ1n) is 7.50. The molecule has 24 heavy (non-hydrogen) atoms. The Balaban J connectivity index is 1.74. The standard InChI is InChI=1S/C17H16Br2N4O/c1-10-16(19)11(2)23(22-10)9-7-15(24)21-14-6-5-13(18)12-4-3-8-20-17(12)14/h3-6,8H,7,9H2,1-2H3,(H,21,24). The second-order valence-corrected chi connectivity index (χ2v) is 7.15. The highest BCUT2D eigenvalue weighted by Gasteiger charge is 2.12. The molecular weight excluding hydrogens is 436 g/mol. The van der Waals surface area contributed by atoms with Gasteiger partial charge in [-0.3, -0.25) is 14.5 Å². The molecule has 1 amide bonds. The molecule has 0 radical (unpaired) electrons. The molecule has 0 atom stereocenters. The summed E-state index contributed by atoms with van der Waals surface area (Å²) in [6.07, 6.45) is 2.07. The summed E-state index contributed by atoms with van der Waals surface area (Å²) in [4.78, 5) is 16.7. The van der Waals surface area contributed by atoms with Crippen molar-refractivity contribution in [2.24, 2.45) is 0 Å². The van der Waals surface area contributed by atoms with Gasteiger partial charge in [0.25, 0.3) is 0 Å². The van der Waals surface area contributed by atoms with Gasteiger partial charge in [0.2, 0.25) is 5.91 Å². The van der Waals surface area contributed by atoms with E-state index in [9.17, 15) is 4.79 Å². The molecule has 3 aromatic rings. The summed E-state index contributed by atoms with van der Waals surface area (Å²) < 4.78 is 3.79. The van der Waals surface area contributed by atoms with Gasteiger partial charge in [0.1, 0.15) is 0 Å². The number of halogens is 2. The predicted octanol–water partition coefficient (Wildman–Crippen LogP) is 4.60. The molecule has 1 aromatic carbocycles. The van der Waals surface area contributed by atoms with Gasteiger partial charge in [-0.25, -0.2) is 0 Å². The zero-order chi connectivity index (χ0) is 17.3. The van der Waals surface area contributed by atoms with Gasteiger partial charge in [-0.15, -0.1) is 0 Å². The number of nitrogens with zero attached hydrogens (tertiary/aromatic N) is 3. The van der Waals surface area contributed by atoms with Crippen LogP contribution in [0.15, 0.2) is 39.4 Å². The molecule has 0 fully saturated rings. The van der Waals surface area contributed by atoms with Crippen LogP contribution in [0.2, 0.25) is 0 Å². The molecule has 0 spiro atoms. The molecule has 2 heterocycles. The summed E-state index contributed by atoms with van der Waals surface area (Å²) in [7, 11) is 0. The van der Waals surface area contributed by atoms with Crippen LogP contribution in [0.4, 0.5) is 5.69 Å². The zero-order valence-electron chi connectivity index (χ0n) is 13.3. The average Bonchev–Trinajstić information content (AvgIpc) is 2.83. The van der Waals surface area contributed by atoms with E-state index < -0.39 is 0 Å². The molecule has 0 saturated carbocycles. The summed E-state index contributed by atoms with van der Waals surface area (Å²) in [6, 6.07) is 7.61. The topological polar surface area (TPSA) is 59.8 Å². The van der Waals surface area contributed by atoms with E-state index in [0.29, 0.717) is 18.7 Å². The number of benzene rings is 1. The van der Waals surface area contributed by atoms with Crippen molar-refractivity contribution in [2.75, 3.05) is 5.32 Å². The molecule has 0 unspecified atom stereocenters. The number of carbonyl (C=O) groups excluding carboxylic acids is 1. The van der Waals surface area contributed by atoms with Crippen molar-refractivity contribution in [3.8, 4) is 0 Å². The van der Waals surface area contributed by atoms with Crippen LogP contribution in [0.3, 0.4) is 0 Å². The molecule has 0 aliphatic heterocycles. The van der Waals surface area contributed by atoms with E-state index in [1.54, 1.807) is 6.20 Å². The molecule has 2 aromatic heterocycles. The Hall–Kier alpha value is -1.73. The Morgan fingerprint density at radius 2 is 2.04 bits per heavy atom. The van der Waals surface area contributed by atoms with E-state index in [0.717, 1.165) is 31.2 Å². The predicted molar refractivity (Wildman–Crippen MR) is 102 cm³/mol. The van der Waals surface area contributed by atoms with Crippen molar-refractivity contribution in [3.63, 3.8) is 0 Å². The minimum atomic E-state index is -0.0621. The normalized spacial score (nSPS) is 11.0. The summed E-state index contributed by atoms with van der Waals surface area (Å²) >= 11 is 7.00. The van der Waals surface area contributed by atoms with Gasteiger partial charge >= 0.3 is 0 Å². The van der Waals surface area contributed by atoms with E-state index in [1.165, 1.54) is 0 Å². The van der Waals surface area contributed by atoms with Crippen LogP contribution in [0.25, 0.3) is 10.9 Å². The van der Waals surface area contributed by atoms with Crippen LogP contribution in [0.1, 0.15) is 17.8 Å². The highest BCUT2D eigenvalue weighted by Crippen LogP contribution is 2.28. The first-order chi connectivity index (χ1) is 11.5. The Morgan fingerprint density at radius 3 is 2.75 bits per heavy atom. The summed E-state index contributed by atoms with van der Waals surface area (Å²) in [5.41, 5.74) is 3.44. The number of fused-ring (bicyclic) bond motifs is 1. The minimum Gasteiger partial charge on any atom is -0.324 e. The van der Waals surface area contributed by atoms with Gasteiger partial charge in [0, 0.05) is 28.2 Å². The molecule has 124 valence electrons. The molecule has 1 N–H and O–H groups in total. The fraction of sp³-hybridized carbons (Fsp3) is 0.235. The Morgan fingerprint density at radius 1 is 1.25 bits per heavy atom. The molecule has 5 nitrogen and oxygen atoms in total. The van der Waals surface area contributed by atoms with Crippen molar-refractivity contribution < 1.29 is 4.79 Å². The third-order valence-corrected chi connectivity index (χ3v) is 5.67. The number of anilines is 1. The van der Waals surface area contributed by atoms with Gasteiger partial charge in [0.15, 0.2) is 0 Å². The summed E-state index contributed by atoms with van der Waals surface area (Å²) in [6.45, 7) is 4.45. The molecule has 0 aliphatic rings. The number of hydrogen-bond donors (Lipinski definition) is 1. The highest BCUT2D eigenvalue weighted by molar-refractivity contribution is 9.11. The SMILES string of the molecule is Cc1nn(CCC(=O)Nc2ccc(Br)c3cccnc23)c(C)c1Br. The number of aromatic nitrogens is 3. The number of nitrogens with one attached hydrogen (secondary N) is 1. The Kier molecular flexibility index (Phi) is 5.01. The lowest BCUT2D eigenvalue weighted by molar-refractivity contribution is -0.116. The second-order valence-electron chi connectivity index (χ2n) is 5.50. The van der Waals surface area contributed by atoms with Crippen molar-refractivity contribution >= 4 is 54.4 Å². The van der Waals surface area contributed by atoms with Crippen LogP contribution in [-0.2, 0) is 11.3 Å². The number of amides is 1. The summed E-state index contributed by atoms with van der Waals surface area (Å²) in [5.74, 6) is -0.0621. The average molecular weight is 452 g/mol. The second kappa shape index (κ2) is 7.03. The molecule has 0 aliphatic carbocycles. The van der Waals surface area contributed by atoms with Crippen LogP contribution < -0.4 is 5.32 Å². The monoisotopic (exact) mass is 450 g/mol. The minimum absolute atomic E-state index is 0.0621. The molecule has 7 heteroatoms. The van der Waals surface area contributed by atoms with Crippen LogP contribution in [0.5, 0.6) is 0 Å². The fourth-order valence-corrected chi connectivity index (χ4v) is 3.29. The highest BCUT2D eigenvalue weighted by atomic mass is 79.9. The number of rotatable bonds is 4. The van der Waals surface area contributed by atoms with Crippen LogP contribution in [0, 0.1) is 13.8 Å². The third-order valence-electron chi connectivity index (χ3n) is 3.83. The first kappa shape index (κ1) is 17.1. The number of pyridine rings is 1. The van der Waals surface area contributed by atoms with Gasteiger partial charge in [-0.05, 0) is 48.0 Å². The molecule has 3 rings (SSSR count). The van der Waals surface area contributed by atoms with E-state index in [4.69, 9.17) is 0 Å². The molecule has 0 saturated heterocycles. The molecule has 0 bridgehead atoms. The van der Waals surface area contributed by atoms with Gasteiger partial charge < -0.3 is 5.32 Å². The van der Waals surface area contributed by atoms with Gasteiger partial charge in [-0.2, -0.15) is 5.10 Å². The number of aryl methyl sites for hydroxylation is 2. The maximum atomic E-state index is 12.3. The quantitative estimate of drug-likeness (QED) is 0.630. The van der Waals surface area contributed by atoms with Crippen LogP contribution >= 0.6 is 31.9 Å². The zero-order valence-corrected chi connectivity index (χ0v) is 16.5. The Bertz CT molecular complexity index is 920. The first-order valence-corrected chi connectivity index (χ1v) is 9.08. The van der Waals surface area contributed by atoms with Crippen molar-refractivity contribution in [1.29, 1.82) is 0 Å². The fourth-order valence-electron chi connectivity index (χ4n) is 2.55. The van der Waals surface area contributed by atoms with Gasteiger partial charge in [0.05, 0.1) is 27.9 Å². The van der Waals surface area contributed by atoms with Gasteiger partial charge in [-0.1, -0.05) is 22.0 Å². The van der Waals surface area contributed by atoms with E-state index in [1.807, 2.05) is 42.8 Å². The van der Waals surface area contributed by atoms with Crippen molar-refractivity contribution in [1.82, 2.24) is 14.8 Å². The maximum absolute atomic E-state index is 12.3. The number of hydrogen-bond acceptors (Lipinski definition) is 3. The third kappa shape index (κ3) is 3.37. The lowest BCUT2D eigenvalue weighted by Gasteiger charge is -2.10. The molecular formula is C17H16Br2N4O.